The number of aldehydes is 1. The van der Waals surface area contributed by atoms with Crippen molar-refractivity contribution in [1.82, 2.24) is 4.90 Å². The van der Waals surface area contributed by atoms with E-state index >= 15 is 0 Å². The molecule has 1 unspecified atom stereocenters. The SMILES string of the molecule is [B]CCCCC(N)(CCN1CCC(C=O)(Cc2ccccc2)CC1)C(=O)O. The van der Waals surface area contributed by atoms with Crippen LogP contribution >= 0.6 is 0 Å². The lowest BCUT2D eigenvalue weighted by Gasteiger charge is -2.39. The predicted molar refractivity (Wildman–Crippen MR) is 108 cm³/mol. The van der Waals surface area contributed by atoms with Gasteiger partial charge in [0, 0.05) is 12.0 Å². The quantitative estimate of drug-likeness (QED) is 0.355. The van der Waals surface area contributed by atoms with E-state index in [0.717, 1.165) is 51.5 Å². The first-order valence-corrected chi connectivity index (χ1v) is 9.88. The summed E-state index contributed by atoms with van der Waals surface area (Å²) in [5, 5.41) is 9.53. The molecule has 1 heterocycles. The number of unbranched alkanes of at least 4 members (excludes halogenated alkanes) is 1. The number of benzene rings is 1. The lowest BCUT2D eigenvalue weighted by molar-refractivity contribution is -0.144. The number of aliphatic carboxylic acids is 1. The molecule has 1 aliphatic heterocycles. The van der Waals surface area contributed by atoms with Crippen LogP contribution in [0.4, 0.5) is 0 Å². The molecule has 5 nitrogen and oxygen atoms in total. The van der Waals surface area contributed by atoms with Crippen molar-refractivity contribution in [3.8, 4) is 0 Å². The molecule has 2 rings (SSSR count). The molecule has 1 aromatic rings. The summed E-state index contributed by atoms with van der Waals surface area (Å²) in [6.07, 6.45) is 6.40. The number of hydrogen-bond acceptors (Lipinski definition) is 4. The second-order valence-electron chi connectivity index (χ2n) is 7.94. The first-order valence-electron chi connectivity index (χ1n) is 9.88. The van der Waals surface area contributed by atoms with Crippen molar-refractivity contribution < 1.29 is 14.7 Å². The lowest BCUT2D eigenvalue weighted by Crippen LogP contribution is -2.51. The van der Waals surface area contributed by atoms with Crippen molar-refractivity contribution in [3.05, 3.63) is 35.9 Å². The molecule has 0 amide bonds. The molecular weight excluding hydrogens is 339 g/mol. The minimum Gasteiger partial charge on any atom is -0.480 e. The maximum Gasteiger partial charge on any atom is 0.323 e. The van der Waals surface area contributed by atoms with Crippen LogP contribution in [0, 0.1) is 5.41 Å². The number of carboxylic acid groups (broad SMARTS) is 1. The summed E-state index contributed by atoms with van der Waals surface area (Å²) < 4.78 is 0. The highest BCUT2D eigenvalue weighted by molar-refractivity contribution is 6.08. The highest BCUT2D eigenvalue weighted by Crippen LogP contribution is 2.33. The van der Waals surface area contributed by atoms with Gasteiger partial charge in [0.1, 0.15) is 11.8 Å². The number of nitrogens with zero attached hydrogens (tertiary/aromatic N) is 1. The molecule has 0 aliphatic carbocycles. The fourth-order valence-electron chi connectivity index (χ4n) is 3.84. The maximum atomic E-state index is 11.8. The average molecular weight is 370 g/mol. The van der Waals surface area contributed by atoms with Gasteiger partial charge in [0.2, 0.25) is 0 Å². The van der Waals surface area contributed by atoms with Gasteiger partial charge in [0.05, 0.1) is 7.85 Å². The van der Waals surface area contributed by atoms with Crippen molar-refractivity contribution in [3.63, 3.8) is 0 Å². The Morgan fingerprint density at radius 3 is 2.44 bits per heavy atom. The molecule has 1 aromatic carbocycles. The number of likely N-dealkylation sites (tertiary alicyclic amines) is 1. The van der Waals surface area contributed by atoms with Crippen LogP contribution in [0.3, 0.4) is 0 Å². The molecule has 0 aromatic heterocycles. The molecule has 146 valence electrons. The molecular formula is C21H31BN2O3. The Hall–Kier alpha value is -1.66. The normalized spacial score (nSPS) is 19.3. The van der Waals surface area contributed by atoms with Gasteiger partial charge in [0.15, 0.2) is 0 Å². The van der Waals surface area contributed by atoms with Crippen LogP contribution in [0.15, 0.2) is 30.3 Å². The van der Waals surface area contributed by atoms with E-state index in [1.807, 2.05) is 18.2 Å². The zero-order valence-electron chi connectivity index (χ0n) is 16.1. The van der Waals surface area contributed by atoms with Gasteiger partial charge in [-0.05, 0) is 50.8 Å². The molecule has 3 N–H and O–H groups in total. The minimum absolute atomic E-state index is 0.314. The molecule has 2 radical (unpaired) electrons. The monoisotopic (exact) mass is 370 g/mol. The highest BCUT2D eigenvalue weighted by Gasteiger charge is 2.37. The number of rotatable bonds is 11. The summed E-state index contributed by atoms with van der Waals surface area (Å²) in [6, 6.07) is 10.1. The topological polar surface area (TPSA) is 83.6 Å². The van der Waals surface area contributed by atoms with Gasteiger partial charge in [-0.2, -0.15) is 0 Å². The van der Waals surface area contributed by atoms with E-state index in [2.05, 4.69) is 17.0 Å². The lowest BCUT2D eigenvalue weighted by atomic mass is 9.75. The number of nitrogens with two attached hydrogens (primary N) is 1. The van der Waals surface area contributed by atoms with Crippen molar-refractivity contribution in [1.29, 1.82) is 0 Å². The first kappa shape index (κ1) is 21.6. The van der Waals surface area contributed by atoms with Crippen molar-refractivity contribution >= 4 is 20.1 Å². The molecule has 6 heteroatoms. The zero-order valence-corrected chi connectivity index (χ0v) is 16.1. The summed E-state index contributed by atoms with van der Waals surface area (Å²) in [5.41, 5.74) is 5.83. The van der Waals surface area contributed by atoms with Crippen LogP contribution in [-0.4, -0.2) is 55.3 Å². The Labute approximate surface area is 163 Å². The third kappa shape index (κ3) is 6.18. The van der Waals surface area contributed by atoms with Gasteiger partial charge in [-0.15, -0.1) is 0 Å². The van der Waals surface area contributed by atoms with Gasteiger partial charge in [-0.25, -0.2) is 0 Å². The van der Waals surface area contributed by atoms with Crippen LogP contribution in [0.2, 0.25) is 6.32 Å². The van der Waals surface area contributed by atoms with Crippen molar-refractivity contribution in [2.24, 2.45) is 11.1 Å². The van der Waals surface area contributed by atoms with Gasteiger partial charge < -0.3 is 20.5 Å². The van der Waals surface area contributed by atoms with Crippen LogP contribution in [0.25, 0.3) is 0 Å². The summed E-state index contributed by atoms with van der Waals surface area (Å²) in [5.74, 6) is -0.942. The molecule has 1 saturated heterocycles. The summed E-state index contributed by atoms with van der Waals surface area (Å²) in [4.78, 5) is 25.7. The van der Waals surface area contributed by atoms with E-state index < -0.39 is 11.5 Å². The zero-order chi connectivity index (χ0) is 19.8. The fraction of sp³-hybridized carbons (Fsp3) is 0.619. The third-order valence-electron chi connectivity index (χ3n) is 5.88. The average Bonchev–Trinajstić information content (AvgIpc) is 2.68. The third-order valence-corrected chi connectivity index (χ3v) is 5.88. The molecule has 27 heavy (non-hydrogen) atoms. The number of piperidine rings is 1. The van der Waals surface area contributed by atoms with E-state index in [1.165, 1.54) is 5.56 Å². The maximum absolute atomic E-state index is 11.8. The van der Waals surface area contributed by atoms with Gasteiger partial charge in [-0.3, -0.25) is 4.79 Å². The Morgan fingerprint density at radius 2 is 1.89 bits per heavy atom. The Balaban J connectivity index is 1.86. The van der Waals surface area contributed by atoms with E-state index in [1.54, 1.807) is 0 Å². The van der Waals surface area contributed by atoms with Crippen LogP contribution in [0.1, 0.15) is 44.1 Å². The van der Waals surface area contributed by atoms with E-state index in [4.69, 9.17) is 13.6 Å². The summed E-state index contributed by atoms with van der Waals surface area (Å²) in [6.45, 7) is 2.24. The predicted octanol–water partition coefficient (Wildman–Crippen LogP) is 2.44. The highest BCUT2D eigenvalue weighted by atomic mass is 16.4. The number of carbonyl (C=O) groups excluding carboxylic acids is 1. The van der Waals surface area contributed by atoms with E-state index in [0.29, 0.717) is 25.7 Å². The van der Waals surface area contributed by atoms with Crippen LogP contribution in [0.5, 0.6) is 0 Å². The van der Waals surface area contributed by atoms with Crippen molar-refractivity contribution in [2.45, 2.75) is 56.8 Å². The number of hydrogen-bond donors (Lipinski definition) is 2. The van der Waals surface area contributed by atoms with Crippen molar-refractivity contribution in [2.75, 3.05) is 19.6 Å². The second kappa shape index (κ2) is 10.0. The van der Waals surface area contributed by atoms with Crippen LogP contribution in [-0.2, 0) is 16.0 Å². The Bertz CT molecular complexity index is 603. The smallest absolute Gasteiger partial charge is 0.323 e. The van der Waals surface area contributed by atoms with Crippen LogP contribution < -0.4 is 5.73 Å². The fourth-order valence-corrected chi connectivity index (χ4v) is 3.84. The Morgan fingerprint density at radius 1 is 1.22 bits per heavy atom. The number of carboxylic acids is 1. The van der Waals surface area contributed by atoms with Gasteiger partial charge in [-0.1, -0.05) is 49.5 Å². The molecule has 1 fully saturated rings. The summed E-state index contributed by atoms with van der Waals surface area (Å²) >= 11 is 0. The molecule has 0 saturated carbocycles. The van der Waals surface area contributed by atoms with E-state index in [-0.39, 0.29) is 5.41 Å². The molecule has 1 atom stereocenters. The second-order valence-corrected chi connectivity index (χ2v) is 7.94. The molecule has 0 bridgehead atoms. The molecule has 1 aliphatic rings. The first-order chi connectivity index (χ1) is 12.9. The Kier molecular flexibility index (Phi) is 8.05. The minimum atomic E-state index is -1.20. The standard InChI is InChI=1S/C21H31BN2O3/c22-12-5-4-8-21(23,19(26)27)11-15-24-13-9-20(17-25,10-14-24)16-18-6-2-1-3-7-18/h1-3,6-7,17H,4-5,8-16,23H2,(H,26,27). The van der Waals surface area contributed by atoms with Gasteiger partial charge >= 0.3 is 5.97 Å². The largest absolute Gasteiger partial charge is 0.480 e. The van der Waals surface area contributed by atoms with E-state index in [9.17, 15) is 14.7 Å². The number of carbonyl (C=O) groups is 2. The molecule has 0 spiro atoms. The van der Waals surface area contributed by atoms with Gasteiger partial charge in [0.25, 0.3) is 0 Å². The summed E-state index contributed by atoms with van der Waals surface area (Å²) in [7, 11) is 5.49.